The lowest BCUT2D eigenvalue weighted by Crippen LogP contribution is -2.25. The van der Waals surface area contributed by atoms with Crippen LogP contribution in [0.5, 0.6) is 0 Å². The van der Waals surface area contributed by atoms with Gasteiger partial charge in [0, 0.05) is 10.7 Å². The third-order valence-corrected chi connectivity index (χ3v) is 2.89. The summed E-state index contributed by atoms with van der Waals surface area (Å²) in [5.74, 6) is 0. The van der Waals surface area contributed by atoms with Crippen LogP contribution in [-0.4, -0.2) is 18.3 Å². The Morgan fingerprint density at radius 2 is 2.14 bits per heavy atom. The fraction of sp³-hybridized carbons (Fsp3) is 0.250. The van der Waals surface area contributed by atoms with E-state index in [1.165, 1.54) is 6.92 Å². The summed E-state index contributed by atoms with van der Waals surface area (Å²) >= 11 is 5.69. The Labute approximate surface area is 87.6 Å². The topological polar surface area (TPSA) is 66.4 Å². The number of benzene rings is 1. The largest absolute Gasteiger partial charge is 0.367 e. The van der Waals surface area contributed by atoms with Crippen molar-refractivity contribution in [2.24, 2.45) is 0 Å². The predicted molar refractivity (Wildman–Crippen MR) is 56.1 cm³/mol. The summed E-state index contributed by atoms with van der Waals surface area (Å²) in [6.45, 7) is 1.34. The maximum Gasteiger partial charge on any atom is 0.285 e. The summed E-state index contributed by atoms with van der Waals surface area (Å²) in [5.41, 5.74) is 0.544. The highest BCUT2D eigenvalue weighted by molar-refractivity contribution is 7.86. The van der Waals surface area contributed by atoms with E-state index in [9.17, 15) is 8.42 Å². The molecule has 6 heteroatoms. The second-order valence-corrected chi connectivity index (χ2v) is 4.99. The molecule has 1 atom stereocenters. The van der Waals surface area contributed by atoms with E-state index in [1.807, 2.05) is 0 Å². The molecule has 78 valence electrons. The second kappa shape index (κ2) is 4.16. The average molecular weight is 236 g/mol. The van der Waals surface area contributed by atoms with Gasteiger partial charge in [0.25, 0.3) is 10.1 Å². The first-order chi connectivity index (χ1) is 6.39. The van der Waals surface area contributed by atoms with Crippen molar-refractivity contribution in [3.05, 3.63) is 29.3 Å². The van der Waals surface area contributed by atoms with E-state index in [0.717, 1.165) is 0 Å². The van der Waals surface area contributed by atoms with Gasteiger partial charge in [-0.15, -0.1) is 0 Å². The third-order valence-electron chi connectivity index (χ3n) is 1.64. The predicted octanol–water partition coefficient (Wildman–Crippen LogP) is 1.99. The van der Waals surface area contributed by atoms with Crippen LogP contribution in [-0.2, 0) is 10.1 Å². The number of rotatable bonds is 3. The summed E-state index contributed by atoms with van der Waals surface area (Å²) in [4.78, 5) is 0. The van der Waals surface area contributed by atoms with Crippen LogP contribution in [0.4, 0.5) is 5.69 Å². The maximum atomic E-state index is 10.7. The molecule has 0 aliphatic heterocycles. The molecule has 4 nitrogen and oxygen atoms in total. The first-order valence-corrected chi connectivity index (χ1v) is 5.76. The minimum atomic E-state index is -4.07. The smallest absolute Gasteiger partial charge is 0.285 e. The minimum Gasteiger partial charge on any atom is -0.367 e. The average Bonchev–Trinajstić information content (AvgIpc) is 2.02. The SMILES string of the molecule is C[C@H](Nc1cccc(Cl)c1)S(=O)(=O)O. The van der Waals surface area contributed by atoms with E-state index < -0.39 is 15.5 Å². The maximum absolute atomic E-state index is 10.7. The molecule has 14 heavy (non-hydrogen) atoms. The van der Waals surface area contributed by atoms with Crippen LogP contribution in [0.25, 0.3) is 0 Å². The van der Waals surface area contributed by atoms with Crippen molar-refractivity contribution >= 4 is 27.4 Å². The summed E-state index contributed by atoms with van der Waals surface area (Å²) in [6, 6.07) is 6.59. The van der Waals surface area contributed by atoms with Crippen LogP contribution >= 0.6 is 11.6 Å². The summed E-state index contributed by atoms with van der Waals surface area (Å²) in [7, 11) is -4.07. The highest BCUT2D eigenvalue weighted by Crippen LogP contribution is 2.16. The van der Waals surface area contributed by atoms with E-state index in [1.54, 1.807) is 24.3 Å². The molecule has 0 bridgehead atoms. The Bertz CT molecular complexity index is 418. The summed E-state index contributed by atoms with van der Waals surface area (Å²) in [6.07, 6.45) is 0. The molecule has 1 aromatic rings. The van der Waals surface area contributed by atoms with Crippen molar-refractivity contribution < 1.29 is 13.0 Å². The first kappa shape index (κ1) is 11.3. The lowest BCUT2D eigenvalue weighted by atomic mass is 10.3. The zero-order chi connectivity index (χ0) is 10.8. The fourth-order valence-electron chi connectivity index (χ4n) is 0.887. The van der Waals surface area contributed by atoms with Crippen molar-refractivity contribution in [3.63, 3.8) is 0 Å². The first-order valence-electron chi connectivity index (χ1n) is 3.88. The lowest BCUT2D eigenvalue weighted by Gasteiger charge is -2.11. The van der Waals surface area contributed by atoms with Gasteiger partial charge in [-0.25, -0.2) is 0 Å². The Morgan fingerprint density at radius 1 is 1.50 bits per heavy atom. The summed E-state index contributed by atoms with van der Waals surface area (Å²) < 4.78 is 30.1. The van der Waals surface area contributed by atoms with Crippen molar-refractivity contribution in [3.8, 4) is 0 Å². The molecule has 0 aromatic heterocycles. The molecule has 0 saturated heterocycles. The highest BCUT2D eigenvalue weighted by atomic mass is 35.5. The van der Waals surface area contributed by atoms with Crippen LogP contribution in [0.1, 0.15) is 6.92 Å². The van der Waals surface area contributed by atoms with Crippen LogP contribution in [0.15, 0.2) is 24.3 Å². The Morgan fingerprint density at radius 3 is 2.64 bits per heavy atom. The normalized spacial score (nSPS) is 13.6. The molecule has 0 saturated carbocycles. The molecule has 2 N–H and O–H groups in total. The van der Waals surface area contributed by atoms with E-state index in [4.69, 9.17) is 16.2 Å². The van der Waals surface area contributed by atoms with Gasteiger partial charge in [0.05, 0.1) is 0 Å². The van der Waals surface area contributed by atoms with Gasteiger partial charge in [0.2, 0.25) is 0 Å². The number of halogens is 1. The fourth-order valence-corrected chi connectivity index (χ4v) is 1.36. The molecule has 0 heterocycles. The van der Waals surface area contributed by atoms with Crippen LogP contribution < -0.4 is 5.32 Å². The lowest BCUT2D eigenvalue weighted by molar-refractivity contribution is 0.475. The van der Waals surface area contributed by atoms with Gasteiger partial charge in [-0.05, 0) is 25.1 Å². The van der Waals surface area contributed by atoms with E-state index in [2.05, 4.69) is 5.32 Å². The molecule has 0 radical (unpaired) electrons. The van der Waals surface area contributed by atoms with Gasteiger partial charge < -0.3 is 5.32 Å². The zero-order valence-corrected chi connectivity index (χ0v) is 9.01. The molecule has 0 aliphatic rings. The number of anilines is 1. The number of nitrogens with one attached hydrogen (secondary N) is 1. The van der Waals surface area contributed by atoms with E-state index >= 15 is 0 Å². The quantitative estimate of drug-likeness (QED) is 0.787. The van der Waals surface area contributed by atoms with Gasteiger partial charge in [-0.3, -0.25) is 4.55 Å². The van der Waals surface area contributed by atoms with Crippen LogP contribution in [0.3, 0.4) is 0 Å². The van der Waals surface area contributed by atoms with Crippen LogP contribution in [0.2, 0.25) is 5.02 Å². The Balaban J connectivity index is 2.80. The molecule has 0 amide bonds. The molecule has 0 spiro atoms. The van der Waals surface area contributed by atoms with Crippen molar-refractivity contribution in [1.82, 2.24) is 0 Å². The molecular weight excluding hydrogens is 226 g/mol. The molecule has 0 fully saturated rings. The number of hydrogen-bond donors (Lipinski definition) is 2. The van der Waals surface area contributed by atoms with E-state index in [0.29, 0.717) is 10.7 Å². The van der Waals surface area contributed by atoms with Gasteiger partial charge in [0.1, 0.15) is 0 Å². The van der Waals surface area contributed by atoms with Gasteiger partial charge in [-0.1, -0.05) is 17.7 Å². The standard InChI is InChI=1S/C8H10ClNO3S/c1-6(14(11,12)13)10-8-4-2-3-7(9)5-8/h2-6,10H,1H3,(H,11,12,13)/t6-/m1/s1. The second-order valence-electron chi connectivity index (χ2n) is 2.81. The molecule has 1 rings (SSSR count). The molecule has 1 aromatic carbocycles. The monoisotopic (exact) mass is 235 g/mol. The highest BCUT2D eigenvalue weighted by Gasteiger charge is 2.16. The Hall–Kier alpha value is -0.780. The van der Waals surface area contributed by atoms with Gasteiger partial charge in [0.15, 0.2) is 5.37 Å². The molecular formula is C8H10ClNO3S. The van der Waals surface area contributed by atoms with Gasteiger partial charge in [-0.2, -0.15) is 8.42 Å². The van der Waals surface area contributed by atoms with Crippen LogP contribution in [0, 0.1) is 0 Å². The minimum absolute atomic E-state index is 0.498. The zero-order valence-electron chi connectivity index (χ0n) is 7.44. The molecule has 0 unspecified atom stereocenters. The third kappa shape index (κ3) is 3.17. The van der Waals surface area contributed by atoms with Gasteiger partial charge >= 0.3 is 0 Å². The summed E-state index contributed by atoms with van der Waals surface area (Å²) in [5, 5.41) is 2.04. The molecule has 0 aliphatic carbocycles. The van der Waals surface area contributed by atoms with E-state index in [-0.39, 0.29) is 0 Å². The van der Waals surface area contributed by atoms with Crippen molar-refractivity contribution in [1.29, 1.82) is 0 Å². The van der Waals surface area contributed by atoms with Crippen molar-refractivity contribution in [2.75, 3.05) is 5.32 Å². The Kier molecular flexibility index (Phi) is 3.36. The van der Waals surface area contributed by atoms with Crippen molar-refractivity contribution in [2.45, 2.75) is 12.3 Å². The number of hydrogen-bond acceptors (Lipinski definition) is 3.